The summed E-state index contributed by atoms with van der Waals surface area (Å²) in [6, 6.07) is 6.61. The molecule has 0 spiro atoms. The zero-order chi connectivity index (χ0) is 24.5. The number of anilines is 2. The molecule has 0 saturated carbocycles. The van der Waals surface area contributed by atoms with Gasteiger partial charge in [0.1, 0.15) is 23.4 Å². The third kappa shape index (κ3) is 4.21. The summed E-state index contributed by atoms with van der Waals surface area (Å²) in [5, 5.41) is 12.3. The Hall–Kier alpha value is -4.61. The Morgan fingerprint density at radius 3 is 2.60 bits per heavy atom. The molecule has 5 rings (SSSR count). The lowest BCUT2D eigenvalue weighted by atomic mass is 10.2. The molecule has 0 aliphatic rings. The molecule has 4 heterocycles. The van der Waals surface area contributed by atoms with E-state index in [9.17, 15) is 0 Å². The lowest BCUT2D eigenvalue weighted by molar-refractivity contribution is 0.374. The van der Waals surface area contributed by atoms with E-state index in [-0.39, 0.29) is 18.0 Å². The maximum Gasteiger partial charge on any atom is 0.188 e. The number of rotatable bonds is 7. The highest BCUT2D eigenvalue weighted by atomic mass is 19.1. The fourth-order valence-corrected chi connectivity index (χ4v) is 3.63. The van der Waals surface area contributed by atoms with Crippen molar-refractivity contribution in [3.8, 4) is 22.8 Å². The van der Waals surface area contributed by atoms with Crippen LogP contribution >= 0.6 is 0 Å². The number of aromatic nitrogens is 8. The number of benzene rings is 1. The summed E-state index contributed by atoms with van der Waals surface area (Å²) in [6.45, 7) is 0.179. The van der Waals surface area contributed by atoms with Crippen molar-refractivity contribution in [2.45, 2.75) is 6.54 Å². The summed E-state index contributed by atoms with van der Waals surface area (Å²) >= 11 is 0. The Morgan fingerprint density at radius 2 is 1.91 bits per heavy atom. The average Bonchev–Trinajstić information content (AvgIpc) is 3.50. The zero-order valence-corrected chi connectivity index (χ0v) is 19.5. The van der Waals surface area contributed by atoms with Crippen LogP contribution in [0.15, 0.2) is 49.2 Å². The summed E-state index contributed by atoms with van der Waals surface area (Å²) in [4.78, 5) is 15.5. The van der Waals surface area contributed by atoms with Crippen LogP contribution in [0, 0.1) is 5.82 Å². The summed E-state index contributed by atoms with van der Waals surface area (Å²) in [7, 11) is 6.55. The largest absolute Gasteiger partial charge is 0.497 e. The molecule has 11 nitrogen and oxygen atoms in total. The Balaban J connectivity index is 1.66. The van der Waals surface area contributed by atoms with E-state index < -0.39 is 5.82 Å². The molecule has 0 N–H and O–H groups in total. The van der Waals surface area contributed by atoms with Crippen molar-refractivity contribution in [3.05, 3.63) is 60.8 Å². The number of halogens is 1. The predicted molar refractivity (Wildman–Crippen MR) is 126 cm³/mol. The van der Waals surface area contributed by atoms with Gasteiger partial charge in [0, 0.05) is 38.0 Å². The van der Waals surface area contributed by atoms with Gasteiger partial charge in [-0.05, 0) is 12.1 Å². The van der Waals surface area contributed by atoms with Crippen LogP contribution in [-0.2, 0) is 20.6 Å². The Morgan fingerprint density at radius 1 is 1.06 bits per heavy atom. The van der Waals surface area contributed by atoms with Crippen LogP contribution in [-0.4, -0.2) is 53.7 Å². The molecule has 0 unspecified atom stereocenters. The maximum atomic E-state index is 15.5. The van der Waals surface area contributed by atoms with Crippen LogP contribution < -0.4 is 14.4 Å². The van der Waals surface area contributed by atoms with Crippen LogP contribution in [0.2, 0.25) is 0 Å². The van der Waals surface area contributed by atoms with Gasteiger partial charge in [-0.2, -0.15) is 5.10 Å². The fourth-order valence-electron chi connectivity index (χ4n) is 3.63. The van der Waals surface area contributed by atoms with Crippen LogP contribution in [0.3, 0.4) is 0 Å². The second kappa shape index (κ2) is 8.97. The van der Waals surface area contributed by atoms with Gasteiger partial charge in [0.25, 0.3) is 0 Å². The summed E-state index contributed by atoms with van der Waals surface area (Å²) in [5.41, 5.74) is 2.65. The minimum Gasteiger partial charge on any atom is -0.497 e. The van der Waals surface area contributed by atoms with Crippen molar-refractivity contribution in [1.82, 2.24) is 39.5 Å². The van der Waals surface area contributed by atoms with Gasteiger partial charge in [-0.3, -0.25) is 9.67 Å². The van der Waals surface area contributed by atoms with E-state index in [0.717, 1.165) is 5.56 Å². The van der Waals surface area contributed by atoms with Crippen LogP contribution in [0.5, 0.6) is 11.5 Å². The van der Waals surface area contributed by atoms with E-state index in [1.165, 1.54) is 20.3 Å². The van der Waals surface area contributed by atoms with Crippen molar-refractivity contribution in [3.63, 3.8) is 0 Å². The minimum atomic E-state index is -0.562. The van der Waals surface area contributed by atoms with Gasteiger partial charge in [-0.15, -0.1) is 10.2 Å². The minimum absolute atomic E-state index is 0.0433. The van der Waals surface area contributed by atoms with Crippen LogP contribution in [0.4, 0.5) is 15.9 Å². The van der Waals surface area contributed by atoms with Gasteiger partial charge in [0.05, 0.1) is 44.5 Å². The van der Waals surface area contributed by atoms with Crippen molar-refractivity contribution in [1.29, 1.82) is 0 Å². The molecular weight excluding hydrogens is 453 g/mol. The predicted octanol–water partition coefficient (Wildman–Crippen LogP) is 3.05. The molecule has 0 aliphatic heterocycles. The molecule has 178 valence electrons. The molecule has 0 saturated heterocycles. The lowest BCUT2D eigenvalue weighted by Gasteiger charge is -2.25. The Labute approximate surface area is 199 Å². The first-order valence-corrected chi connectivity index (χ1v) is 10.6. The molecule has 0 bridgehead atoms. The summed E-state index contributed by atoms with van der Waals surface area (Å²) in [5.74, 6) is 0.950. The molecule has 4 aromatic heterocycles. The molecule has 0 atom stereocenters. The third-order valence-corrected chi connectivity index (χ3v) is 5.51. The highest BCUT2D eigenvalue weighted by molar-refractivity contribution is 5.77. The molecule has 0 aliphatic carbocycles. The fraction of sp³-hybridized carbons (Fsp3) is 0.217. The highest BCUT2D eigenvalue weighted by Crippen LogP contribution is 2.37. The quantitative estimate of drug-likeness (QED) is 0.351. The van der Waals surface area contributed by atoms with Crippen molar-refractivity contribution in [2.75, 3.05) is 19.1 Å². The Bertz CT molecular complexity index is 1510. The number of nitrogens with zero attached hydrogens (tertiary/aromatic N) is 9. The second-order valence-electron chi connectivity index (χ2n) is 7.78. The first kappa shape index (κ1) is 22.2. The first-order valence-electron chi connectivity index (χ1n) is 10.6. The smallest absolute Gasteiger partial charge is 0.188 e. The molecule has 0 radical (unpaired) electrons. The third-order valence-electron chi connectivity index (χ3n) is 5.51. The monoisotopic (exact) mass is 475 g/mol. The van der Waals surface area contributed by atoms with Gasteiger partial charge < -0.3 is 18.9 Å². The standard InChI is InChI=1S/C23H22FN9O2/c1-31-13-26-30-21(31)12-33(18-7-15(34-3)8-19(35-4)22(18)24)20-6-5-16-23(29-20)28-17(10-25-16)14-9-27-32(2)11-14/h5-11,13H,12H2,1-4H3. The number of aryl methyl sites for hydroxylation is 2. The summed E-state index contributed by atoms with van der Waals surface area (Å²) < 4.78 is 29.6. The van der Waals surface area contributed by atoms with E-state index in [1.54, 1.807) is 51.1 Å². The van der Waals surface area contributed by atoms with Crippen molar-refractivity contribution >= 4 is 22.7 Å². The molecule has 1 aromatic carbocycles. The van der Waals surface area contributed by atoms with Crippen LogP contribution in [0.25, 0.3) is 22.4 Å². The molecule has 0 fully saturated rings. The SMILES string of the molecule is COc1cc(OC)c(F)c(N(Cc2nncn2C)c2ccc3ncc(-c4cnn(C)c4)nc3n2)c1. The van der Waals surface area contributed by atoms with Gasteiger partial charge >= 0.3 is 0 Å². The highest BCUT2D eigenvalue weighted by Gasteiger charge is 2.23. The second-order valence-corrected chi connectivity index (χ2v) is 7.78. The molecule has 5 aromatic rings. The number of pyridine rings is 1. The summed E-state index contributed by atoms with van der Waals surface area (Å²) in [6.07, 6.45) is 6.80. The average molecular weight is 475 g/mol. The topological polar surface area (TPSA) is 109 Å². The number of hydrogen-bond acceptors (Lipinski definition) is 9. The molecule has 35 heavy (non-hydrogen) atoms. The normalized spacial score (nSPS) is 11.1. The zero-order valence-electron chi connectivity index (χ0n) is 19.5. The number of fused-ring (bicyclic) bond motifs is 1. The van der Waals surface area contributed by atoms with E-state index in [0.29, 0.717) is 34.2 Å². The van der Waals surface area contributed by atoms with Gasteiger partial charge in [0.2, 0.25) is 0 Å². The van der Waals surface area contributed by atoms with E-state index in [2.05, 4.69) is 25.3 Å². The first-order chi connectivity index (χ1) is 17.0. The van der Waals surface area contributed by atoms with E-state index in [1.807, 2.05) is 20.3 Å². The molecular formula is C23H22FN9O2. The lowest BCUT2D eigenvalue weighted by Crippen LogP contribution is -2.21. The van der Waals surface area contributed by atoms with Crippen LogP contribution in [0.1, 0.15) is 5.82 Å². The van der Waals surface area contributed by atoms with Crippen molar-refractivity contribution < 1.29 is 13.9 Å². The van der Waals surface area contributed by atoms with E-state index >= 15 is 4.39 Å². The van der Waals surface area contributed by atoms with Gasteiger partial charge in [-0.1, -0.05) is 0 Å². The van der Waals surface area contributed by atoms with Gasteiger partial charge in [0.15, 0.2) is 23.0 Å². The molecule has 12 heteroatoms. The Kier molecular flexibility index (Phi) is 5.69. The number of ether oxygens (including phenoxy) is 2. The number of methoxy groups -OCH3 is 2. The maximum absolute atomic E-state index is 15.5. The van der Waals surface area contributed by atoms with E-state index in [4.69, 9.17) is 14.5 Å². The van der Waals surface area contributed by atoms with Crippen molar-refractivity contribution in [2.24, 2.45) is 14.1 Å². The number of hydrogen-bond donors (Lipinski definition) is 0. The molecule has 0 amide bonds. The van der Waals surface area contributed by atoms with Gasteiger partial charge in [-0.25, -0.2) is 14.4 Å².